The molecular formula is C63H92O14. The van der Waals surface area contributed by atoms with Crippen LogP contribution in [-0.4, -0.2) is 95.4 Å². The molecule has 0 aromatic rings. The number of hydrogen-bond acceptors (Lipinski definition) is 14. The predicted octanol–water partition coefficient (Wildman–Crippen LogP) is 11.3. The van der Waals surface area contributed by atoms with Crippen LogP contribution in [0, 0.1) is 59.2 Å². The van der Waals surface area contributed by atoms with Crippen LogP contribution < -0.4 is 0 Å². The molecule has 11 saturated carbocycles. The zero-order chi connectivity index (χ0) is 56.4. The summed E-state index contributed by atoms with van der Waals surface area (Å²) in [6, 6.07) is 0. The predicted molar refractivity (Wildman–Crippen MR) is 290 cm³/mol. The van der Waals surface area contributed by atoms with Crippen molar-refractivity contribution in [2.75, 3.05) is 13.7 Å². The van der Waals surface area contributed by atoms with Crippen LogP contribution in [0.1, 0.15) is 183 Å². The lowest BCUT2D eigenvalue weighted by Crippen LogP contribution is -2.60. The molecule has 0 aromatic carbocycles. The smallest absolute Gasteiger partial charge is 0.333 e. The van der Waals surface area contributed by atoms with Gasteiger partial charge >= 0.3 is 35.8 Å². The van der Waals surface area contributed by atoms with Gasteiger partial charge in [-0.15, -0.1) is 0 Å². The Hall–Kier alpha value is -4.56. The molecule has 1 N–H and O–H groups in total. The molecule has 1 saturated heterocycles. The first kappa shape index (κ1) is 60.1. The number of ether oxygens (including phenoxy) is 7. The topological polar surface area (TPSA) is 187 Å². The highest BCUT2D eigenvalue weighted by Gasteiger charge is 2.65. The number of fused-ring (bicyclic) bond motifs is 10. The van der Waals surface area contributed by atoms with E-state index < -0.39 is 11.2 Å². The van der Waals surface area contributed by atoms with Crippen molar-refractivity contribution in [2.45, 2.75) is 224 Å². The van der Waals surface area contributed by atoms with Gasteiger partial charge < -0.3 is 38.3 Å². The average Bonchev–Trinajstić information content (AvgIpc) is 4.33. The third-order valence-electron chi connectivity index (χ3n) is 19.5. The summed E-state index contributed by atoms with van der Waals surface area (Å²) in [7, 11) is 1.60. The Labute approximate surface area is 458 Å². The molecule has 13 atom stereocenters. The van der Waals surface area contributed by atoms with Gasteiger partial charge in [0.15, 0.2) is 0 Å². The molecule has 8 bridgehead atoms. The van der Waals surface area contributed by atoms with Gasteiger partial charge in [-0.2, -0.15) is 0 Å². The molecule has 0 amide bonds. The summed E-state index contributed by atoms with van der Waals surface area (Å²) >= 11 is 0. The van der Waals surface area contributed by atoms with Crippen LogP contribution in [0.15, 0.2) is 60.8 Å². The molecule has 13 unspecified atom stereocenters. The van der Waals surface area contributed by atoms with Crippen molar-refractivity contribution in [3.05, 3.63) is 60.8 Å². The Morgan fingerprint density at radius 1 is 0.584 bits per heavy atom. The lowest BCUT2D eigenvalue weighted by molar-refractivity contribution is -0.217. The van der Waals surface area contributed by atoms with E-state index in [2.05, 4.69) is 39.8 Å². The Morgan fingerprint density at radius 2 is 1.12 bits per heavy atom. The van der Waals surface area contributed by atoms with Gasteiger partial charge in [0.05, 0.1) is 24.2 Å². The second-order valence-electron chi connectivity index (χ2n) is 25.9. The van der Waals surface area contributed by atoms with E-state index in [9.17, 15) is 33.9 Å². The third-order valence-corrected chi connectivity index (χ3v) is 19.5. The first-order valence-electron chi connectivity index (χ1n) is 29.0. The maximum atomic E-state index is 11.7. The molecule has 428 valence electrons. The van der Waals surface area contributed by atoms with Gasteiger partial charge in [-0.1, -0.05) is 46.2 Å². The molecule has 1 aliphatic heterocycles. The van der Waals surface area contributed by atoms with E-state index in [4.69, 9.17) is 33.2 Å². The van der Waals surface area contributed by atoms with Crippen molar-refractivity contribution in [2.24, 2.45) is 59.2 Å². The van der Waals surface area contributed by atoms with Gasteiger partial charge in [0, 0.05) is 59.1 Å². The van der Waals surface area contributed by atoms with Crippen molar-refractivity contribution in [3.8, 4) is 0 Å². The lowest BCUT2D eigenvalue weighted by atomic mass is 9.52. The van der Waals surface area contributed by atoms with E-state index >= 15 is 0 Å². The van der Waals surface area contributed by atoms with Crippen molar-refractivity contribution >= 4 is 35.8 Å². The number of rotatable bonds is 12. The van der Waals surface area contributed by atoms with Crippen LogP contribution >= 0.6 is 0 Å². The lowest BCUT2D eigenvalue weighted by Gasteiger charge is -2.59. The molecule has 0 spiro atoms. The normalized spacial score (nSPS) is 36.7. The molecular weight excluding hydrogens is 981 g/mol. The number of carbonyl (C=O) groups is 6. The Morgan fingerprint density at radius 3 is 1.66 bits per heavy atom. The molecule has 11 aliphatic carbocycles. The summed E-state index contributed by atoms with van der Waals surface area (Å²) < 4.78 is 38.2. The second kappa shape index (κ2) is 24.4. The van der Waals surface area contributed by atoms with E-state index in [1.807, 2.05) is 6.92 Å². The van der Waals surface area contributed by atoms with Crippen molar-refractivity contribution < 1.29 is 67.0 Å². The highest BCUT2D eigenvalue weighted by molar-refractivity contribution is 5.89. The third kappa shape index (κ3) is 13.7. The molecule has 77 heavy (non-hydrogen) atoms. The van der Waals surface area contributed by atoms with Gasteiger partial charge in [0.25, 0.3) is 0 Å². The monoisotopic (exact) mass is 1070 g/mol. The van der Waals surface area contributed by atoms with E-state index in [-0.39, 0.29) is 89.0 Å². The zero-order valence-corrected chi connectivity index (χ0v) is 47.9. The number of esters is 6. The van der Waals surface area contributed by atoms with Gasteiger partial charge in [-0.3, -0.25) is 4.79 Å². The fourth-order valence-electron chi connectivity index (χ4n) is 16.2. The van der Waals surface area contributed by atoms with Gasteiger partial charge in [0.1, 0.15) is 29.0 Å². The minimum atomic E-state index is -0.570. The van der Waals surface area contributed by atoms with Crippen molar-refractivity contribution in [1.29, 1.82) is 0 Å². The summed E-state index contributed by atoms with van der Waals surface area (Å²) in [5.41, 5.74) is 1.01. The molecule has 0 aromatic heterocycles. The minimum absolute atomic E-state index is 0.0743. The quantitative estimate of drug-likeness (QED) is 0.110. The van der Waals surface area contributed by atoms with Gasteiger partial charge in [0.2, 0.25) is 0 Å². The molecule has 1 heterocycles. The Bertz CT molecular complexity index is 2280. The molecule has 0 radical (unpaired) electrons. The molecule has 14 heteroatoms. The summed E-state index contributed by atoms with van der Waals surface area (Å²) in [5.74, 6) is 3.32. The van der Waals surface area contributed by atoms with Crippen molar-refractivity contribution in [3.63, 3.8) is 0 Å². The summed E-state index contributed by atoms with van der Waals surface area (Å²) in [6.45, 7) is 31.0. The highest BCUT2D eigenvalue weighted by Crippen LogP contribution is 2.61. The standard InChI is InChI=1S/C14H18O5.C14H20O3.C14H20O2.C11H18O2.C10H16O2/c1-6(2)13(15)19-12-7-4-8(11(12)17-3)10-9(7)5-18-14(10)16;1-9(2)12(15)17-14-6-10-3-11(7-14)5-13(16,4-10)8-14;1-8(2)14(15)16-13-7-9-6-12(13)11-5-3-4-10(9)11;1-4-11(7-5-6-8-11)13-10(12)9(2)3;1-8(2)9(11)12-10(3)6-4-5-7-10/h7-12H,1,4-5H2,2-3H3;10-11,16H,1,3-8H2,2H3;9-13H,1,3-7H2,2H3;2,4-8H2,1,3H3;1,4-7H2,2-3H3. The number of cyclic esters (lactones) is 1. The number of carbonyl (C=O) groups excluding carboxylic acids is 6. The van der Waals surface area contributed by atoms with E-state index in [1.54, 1.807) is 41.7 Å². The average molecular weight is 1070 g/mol. The SMILES string of the molecule is C=C(C)C(=O)OC1(C)CCCC1.C=C(C)C(=O)OC1(CC)CCCC1.C=C(C)C(=O)OC12CC3CC(CC(O)(C3)C1)C2.C=C(C)C(=O)OC1C2CC(C1OC)C1C(=O)OCC21.C=C(C)C(=O)OC1CC2CC1C1CCCC21. The number of aliphatic hydroxyl groups is 1. The first-order valence-corrected chi connectivity index (χ1v) is 29.0. The van der Waals surface area contributed by atoms with Crippen LogP contribution in [0.5, 0.6) is 0 Å². The molecule has 12 aliphatic rings. The number of methoxy groups -OCH3 is 1. The van der Waals surface area contributed by atoms with Crippen LogP contribution in [0.2, 0.25) is 0 Å². The Balaban J connectivity index is 0.000000141. The zero-order valence-electron chi connectivity index (χ0n) is 47.9. The largest absolute Gasteiger partial charge is 0.465 e. The first-order chi connectivity index (χ1) is 36.2. The minimum Gasteiger partial charge on any atom is -0.465 e. The molecule has 14 nitrogen and oxygen atoms in total. The van der Waals surface area contributed by atoms with E-state index in [0.29, 0.717) is 58.6 Å². The fourth-order valence-corrected chi connectivity index (χ4v) is 16.2. The summed E-state index contributed by atoms with van der Waals surface area (Å²) in [6.07, 6.45) is 22.3. The van der Waals surface area contributed by atoms with Crippen LogP contribution in [0.3, 0.4) is 0 Å². The van der Waals surface area contributed by atoms with E-state index in [1.165, 1.54) is 57.8 Å². The Kier molecular flexibility index (Phi) is 19.1. The second-order valence-corrected chi connectivity index (χ2v) is 25.9. The maximum Gasteiger partial charge on any atom is 0.333 e. The summed E-state index contributed by atoms with van der Waals surface area (Å²) in [4.78, 5) is 69.3. The molecule has 12 fully saturated rings. The fraction of sp³-hybridized carbons (Fsp3) is 0.746. The van der Waals surface area contributed by atoms with Crippen molar-refractivity contribution in [1.82, 2.24) is 0 Å². The van der Waals surface area contributed by atoms with Crippen LogP contribution in [0.4, 0.5) is 0 Å². The summed E-state index contributed by atoms with van der Waals surface area (Å²) in [5, 5.41) is 10.5. The highest BCUT2D eigenvalue weighted by atomic mass is 16.6. The maximum absolute atomic E-state index is 11.7. The van der Waals surface area contributed by atoms with Gasteiger partial charge in [-0.05, 0) is 199 Å². The van der Waals surface area contributed by atoms with E-state index in [0.717, 1.165) is 88.4 Å². The van der Waals surface area contributed by atoms with Crippen LogP contribution in [0.25, 0.3) is 0 Å². The van der Waals surface area contributed by atoms with Crippen LogP contribution in [-0.2, 0) is 61.9 Å². The number of hydrogen-bond donors (Lipinski definition) is 1. The van der Waals surface area contributed by atoms with Gasteiger partial charge in [-0.25, -0.2) is 24.0 Å². The molecule has 12 rings (SSSR count).